The maximum absolute atomic E-state index is 12.9. The van der Waals surface area contributed by atoms with Crippen LogP contribution < -0.4 is 0 Å². The summed E-state index contributed by atoms with van der Waals surface area (Å²) in [5.41, 5.74) is 2.49. The van der Waals surface area contributed by atoms with Gasteiger partial charge in [-0.1, -0.05) is 46.3 Å². The van der Waals surface area contributed by atoms with Gasteiger partial charge in [0, 0.05) is 27.1 Å². The fourth-order valence-electron chi connectivity index (χ4n) is 3.27. The monoisotopic (exact) mass is 484 g/mol. The number of amides is 2. The first-order chi connectivity index (χ1) is 14.5. The highest BCUT2D eigenvalue weighted by Crippen LogP contribution is 2.35. The van der Waals surface area contributed by atoms with Gasteiger partial charge in [0.1, 0.15) is 6.54 Å². The minimum absolute atomic E-state index is 0.0654. The summed E-state index contributed by atoms with van der Waals surface area (Å²) in [5.74, 6) is -0.685. The Kier molecular flexibility index (Phi) is 5.78. The molecule has 6 nitrogen and oxygen atoms in total. The van der Waals surface area contributed by atoms with Crippen molar-refractivity contribution >= 4 is 61.8 Å². The molecule has 8 heteroatoms. The van der Waals surface area contributed by atoms with Crippen LogP contribution in [-0.4, -0.2) is 33.7 Å². The average molecular weight is 485 g/mol. The van der Waals surface area contributed by atoms with Gasteiger partial charge in [-0.25, -0.2) is 0 Å². The van der Waals surface area contributed by atoms with E-state index in [1.54, 1.807) is 16.8 Å². The topological polar surface area (TPSA) is 68.6 Å². The Morgan fingerprint density at radius 2 is 1.87 bits per heavy atom. The predicted molar refractivity (Wildman–Crippen MR) is 120 cm³/mol. The van der Waals surface area contributed by atoms with E-state index in [0.29, 0.717) is 4.91 Å². The molecule has 1 aromatic heterocycles. The lowest BCUT2D eigenvalue weighted by Gasteiger charge is -2.12. The van der Waals surface area contributed by atoms with Crippen molar-refractivity contribution in [3.05, 3.63) is 75.2 Å². The molecule has 0 spiro atoms. The summed E-state index contributed by atoms with van der Waals surface area (Å²) in [7, 11) is 1.34. The summed E-state index contributed by atoms with van der Waals surface area (Å²) in [5, 5.41) is 0.591. The number of nitrogens with zero attached hydrogens (tertiary/aromatic N) is 2. The Bertz CT molecular complexity index is 1180. The van der Waals surface area contributed by atoms with Gasteiger partial charge in [0.05, 0.1) is 18.6 Å². The smallest absolute Gasteiger partial charge is 0.325 e. The molecule has 2 aromatic carbocycles. The van der Waals surface area contributed by atoms with Crippen molar-refractivity contribution in [3.8, 4) is 0 Å². The van der Waals surface area contributed by atoms with Crippen LogP contribution in [0.3, 0.4) is 0 Å². The predicted octanol–water partition coefficient (Wildman–Crippen LogP) is 4.81. The Hall–Kier alpha value is -2.84. The van der Waals surface area contributed by atoms with E-state index in [-0.39, 0.29) is 30.2 Å². The first kappa shape index (κ1) is 20.4. The van der Waals surface area contributed by atoms with Crippen LogP contribution in [0, 0.1) is 0 Å². The van der Waals surface area contributed by atoms with Crippen LogP contribution in [0.25, 0.3) is 17.0 Å². The van der Waals surface area contributed by atoms with Crippen LogP contribution in [0.1, 0.15) is 11.1 Å². The van der Waals surface area contributed by atoms with Crippen molar-refractivity contribution in [2.45, 2.75) is 13.1 Å². The van der Waals surface area contributed by atoms with Crippen LogP contribution in [0.5, 0.6) is 0 Å². The highest BCUT2D eigenvalue weighted by molar-refractivity contribution is 9.10. The van der Waals surface area contributed by atoms with E-state index in [1.807, 2.05) is 48.5 Å². The molecule has 30 heavy (non-hydrogen) atoms. The fourth-order valence-corrected chi connectivity index (χ4v) is 4.37. The molecule has 152 valence electrons. The van der Waals surface area contributed by atoms with Gasteiger partial charge < -0.3 is 9.30 Å². The zero-order valence-corrected chi connectivity index (χ0v) is 18.4. The number of halogens is 1. The van der Waals surface area contributed by atoms with Gasteiger partial charge in [-0.3, -0.25) is 19.3 Å². The van der Waals surface area contributed by atoms with Gasteiger partial charge in [-0.2, -0.15) is 0 Å². The third-order valence-electron chi connectivity index (χ3n) is 4.76. The largest absolute Gasteiger partial charge is 0.468 e. The summed E-state index contributed by atoms with van der Waals surface area (Å²) >= 11 is 4.30. The molecule has 1 aliphatic heterocycles. The van der Waals surface area contributed by atoms with Gasteiger partial charge in [-0.15, -0.1) is 0 Å². The second-order valence-electron chi connectivity index (χ2n) is 6.70. The Morgan fingerprint density at radius 3 is 2.60 bits per heavy atom. The number of carbonyl (C=O) groups excluding carboxylic acids is 3. The number of ether oxygens (including phenoxy) is 1. The zero-order valence-electron chi connectivity index (χ0n) is 16.0. The minimum atomic E-state index is -0.364. The number of fused-ring (bicyclic) bond motifs is 1. The van der Waals surface area contributed by atoms with E-state index < -0.39 is 0 Å². The molecule has 1 fully saturated rings. The Balaban J connectivity index is 1.64. The van der Waals surface area contributed by atoms with Crippen molar-refractivity contribution in [1.82, 2.24) is 9.47 Å². The third-order valence-corrected chi connectivity index (χ3v) is 6.20. The first-order valence-electron chi connectivity index (χ1n) is 9.11. The van der Waals surface area contributed by atoms with Crippen LogP contribution in [-0.2, 0) is 27.4 Å². The van der Waals surface area contributed by atoms with Gasteiger partial charge in [0.25, 0.3) is 11.1 Å². The maximum atomic E-state index is 12.9. The lowest BCUT2D eigenvalue weighted by Crippen LogP contribution is -2.27. The number of para-hydroxylation sites is 1. The molecule has 0 bridgehead atoms. The quantitative estimate of drug-likeness (QED) is 0.383. The van der Waals surface area contributed by atoms with E-state index in [4.69, 9.17) is 4.74 Å². The number of benzene rings is 2. The van der Waals surface area contributed by atoms with Gasteiger partial charge in [-0.05, 0) is 41.6 Å². The highest BCUT2D eigenvalue weighted by Gasteiger charge is 2.35. The molecule has 1 aliphatic rings. The summed E-state index contributed by atoms with van der Waals surface area (Å²) in [6, 6.07) is 15.1. The lowest BCUT2D eigenvalue weighted by molar-refractivity contribution is -0.141. The molecule has 0 radical (unpaired) electrons. The minimum Gasteiger partial charge on any atom is -0.468 e. The number of carbonyl (C=O) groups is 3. The number of esters is 1. The molecule has 3 aromatic rings. The third kappa shape index (κ3) is 4.06. The van der Waals surface area contributed by atoms with Gasteiger partial charge in [0.2, 0.25) is 0 Å². The number of hydrogen-bond acceptors (Lipinski definition) is 5. The standard InChI is InChI=1S/C22H17BrN2O4S/c1-29-20(26)13-24-12-15(17-4-2-3-5-18(17)24)10-19-21(27)25(22(28)30-19)11-14-6-8-16(23)9-7-14/h2-10,12H,11,13H2,1H3/b19-10-. The van der Waals surface area contributed by atoms with Gasteiger partial charge >= 0.3 is 5.97 Å². The van der Waals surface area contributed by atoms with E-state index in [0.717, 1.165) is 38.3 Å². The van der Waals surface area contributed by atoms with E-state index >= 15 is 0 Å². The molecule has 1 saturated heterocycles. The number of rotatable bonds is 5. The second kappa shape index (κ2) is 8.49. The molecular weight excluding hydrogens is 468 g/mol. The van der Waals surface area contributed by atoms with Crippen molar-refractivity contribution in [2.24, 2.45) is 0 Å². The zero-order chi connectivity index (χ0) is 21.3. The summed E-state index contributed by atoms with van der Waals surface area (Å²) in [6.45, 7) is 0.287. The van der Waals surface area contributed by atoms with E-state index in [1.165, 1.54) is 12.0 Å². The summed E-state index contributed by atoms with van der Waals surface area (Å²) in [6.07, 6.45) is 3.51. The molecule has 0 unspecified atom stereocenters. The average Bonchev–Trinajstić information content (AvgIpc) is 3.22. The number of hydrogen-bond donors (Lipinski definition) is 0. The molecular formula is C22H17BrN2O4S. The number of imide groups is 1. The maximum Gasteiger partial charge on any atom is 0.325 e. The van der Waals surface area contributed by atoms with E-state index in [9.17, 15) is 14.4 Å². The van der Waals surface area contributed by atoms with Crippen LogP contribution in [0.15, 0.2) is 64.1 Å². The van der Waals surface area contributed by atoms with E-state index in [2.05, 4.69) is 15.9 Å². The molecule has 2 heterocycles. The van der Waals surface area contributed by atoms with Crippen molar-refractivity contribution in [1.29, 1.82) is 0 Å². The van der Waals surface area contributed by atoms with Crippen LogP contribution >= 0.6 is 27.7 Å². The molecule has 0 atom stereocenters. The first-order valence-corrected chi connectivity index (χ1v) is 10.7. The van der Waals surface area contributed by atoms with Crippen molar-refractivity contribution in [2.75, 3.05) is 7.11 Å². The van der Waals surface area contributed by atoms with Crippen LogP contribution in [0.2, 0.25) is 0 Å². The van der Waals surface area contributed by atoms with Gasteiger partial charge in [0.15, 0.2) is 0 Å². The van der Waals surface area contributed by atoms with Crippen molar-refractivity contribution < 1.29 is 19.1 Å². The molecule has 2 amide bonds. The molecule has 4 rings (SSSR count). The fraction of sp³-hybridized carbons (Fsp3) is 0.136. The molecule has 0 N–H and O–H groups in total. The summed E-state index contributed by atoms with van der Waals surface area (Å²) in [4.78, 5) is 38.7. The number of aromatic nitrogens is 1. The molecule has 0 saturated carbocycles. The molecule has 0 aliphatic carbocycles. The summed E-state index contributed by atoms with van der Waals surface area (Å²) < 4.78 is 7.48. The Labute approximate surface area is 185 Å². The van der Waals surface area contributed by atoms with Crippen molar-refractivity contribution in [3.63, 3.8) is 0 Å². The lowest BCUT2D eigenvalue weighted by atomic mass is 10.1. The number of methoxy groups -OCH3 is 1. The number of thioether (sulfide) groups is 1. The van der Waals surface area contributed by atoms with Crippen LogP contribution in [0.4, 0.5) is 4.79 Å². The Morgan fingerprint density at radius 1 is 1.13 bits per heavy atom. The SMILES string of the molecule is COC(=O)Cn1cc(/C=C2\SC(=O)N(Cc3ccc(Br)cc3)C2=O)c2ccccc21. The highest BCUT2D eigenvalue weighted by atomic mass is 79.9. The second-order valence-corrected chi connectivity index (χ2v) is 8.61. The normalized spacial score (nSPS) is 15.4.